The minimum absolute atomic E-state index is 0.107. The van der Waals surface area contributed by atoms with E-state index in [0.29, 0.717) is 23.3 Å². The van der Waals surface area contributed by atoms with E-state index < -0.39 is 17.7 Å². The van der Waals surface area contributed by atoms with Gasteiger partial charge in [-0.25, -0.2) is 0 Å². The van der Waals surface area contributed by atoms with E-state index in [-0.39, 0.29) is 22.8 Å². The summed E-state index contributed by atoms with van der Waals surface area (Å²) in [5.41, 5.74) is 3.75. The predicted molar refractivity (Wildman–Crippen MR) is 103 cm³/mol. The number of hydrogen-bond donors (Lipinski definition) is 1. The molecule has 5 rings (SSSR count). The second kappa shape index (κ2) is 5.35. The molecule has 1 N–H and O–H groups in total. The first-order valence-electron chi connectivity index (χ1n) is 9.76. The first-order valence-corrected chi connectivity index (χ1v) is 9.76. The Morgan fingerprint density at radius 2 is 1.90 bits per heavy atom. The molecule has 1 fully saturated rings. The van der Waals surface area contributed by atoms with Gasteiger partial charge in [0.2, 0.25) is 0 Å². The largest absolute Gasteiger partial charge is 0.458 e. The number of alkyl halides is 3. The van der Waals surface area contributed by atoms with E-state index in [4.69, 9.17) is 4.42 Å². The van der Waals surface area contributed by atoms with Gasteiger partial charge < -0.3 is 9.73 Å². The van der Waals surface area contributed by atoms with E-state index in [2.05, 4.69) is 31.8 Å². The molecular formula is C23H22F3NO2. The van der Waals surface area contributed by atoms with Crippen LogP contribution in [0, 0.1) is 18.3 Å². The molecule has 3 aliphatic rings. The molecule has 0 radical (unpaired) electrons. The van der Waals surface area contributed by atoms with E-state index in [1.165, 1.54) is 5.56 Å². The lowest BCUT2D eigenvalue weighted by Crippen LogP contribution is -2.48. The highest BCUT2D eigenvalue weighted by molar-refractivity contribution is 5.99. The van der Waals surface area contributed by atoms with Gasteiger partial charge in [-0.1, -0.05) is 44.2 Å². The number of ketones is 1. The molecule has 152 valence electrons. The van der Waals surface area contributed by atoms with Crippen molar-refractivity contribution in [1.29, 1.82) is 0 Å². The molecule has 2 heterocycles. The average Bonchev–Trinajstić information content (AvgIpc) is 3.06. The third-order valence-corrected chi connectivity index (χ3v) is 7.52. The van der Waals surface area contributed by atoms with Crippen LogP contribution in [0.3, 0.4) is 0 Å². The van der Waals surface area contributed by atoms with Crippen molar-refractivity contribution < 1.29 is 22.4 Å². The number of benzene rings is 1. The summed E-state index contributed by atoms with van der Waals surface area (Å²) in [7, 11) is 0. The molecule has 6 heteroatoms. The molecule has 0 bridgehead atoms. The number of Topliss-reactive ketones (excluding diaryl/α,β-unsaturated/α-hetero) is 1. The van der Waals surface area contributed by atoms with Gasteiger partial charge in [-0.05, 0) is 25.0 Å². The predicted octanol–water partition coefficient (Wildman–Crippen LogP) is 5.90. The van der Waals surface area contributed by atoms with Crippen LogP contribution in [0.5, 0.6) is 0 Å². The summed E-state index contributed by atoms with van der Waals surface area (Å²) in [6.45, 7) is 10.3. The highest BCUT2D eigenvalue weighted by atomic mass is 19.4. The first-order chi connectivity index (χ1) is 13.5. The Kier molecular flexibility index (Phi) is 3.42. The monoisotopic (exact) mass is 401 g/mol. The van der Waals surface area contributed by atoms with Crippen molar-refractivity contribution in [2.45, 2.75) is 51.2 Å². The fourth-order valence-electron chi connectivity index (χ4n) is 6.31. The number of fused-ring (bicyclic) bond motifs is 4. The third kappa shape index (κ3) is 2.17. The highest BCUT2D eigenvalue weighted by Gasteiger charge is 2.63. The van der Waals surface area contributed by atoms with Crippen LogP contribution in [-0.2, 0) is 11.8 Å². The molecule has 0 amide bonds. The maximum atomic E-state index is 13.1. The van der Waals surface area contributed by atoms with Gasteiger partial charge in [0, 0.05) is 40.0 Å². The second-order valence-electron chi connectivity index (χ2n) is 9.16. The average molecular weight is 401 g/mol. The van der Waals surface area contributed by atoms with Crippen LogP contribution in [0.1, 0.15) is 59.3 Å². The zero-order chi connectivity index (χ0) is 20.9. The van der Waals surface area contributed by atoms with E-state index in [1.807, 2.05) is 18.2 Å². The smallest absolute Gasteiger partial charge is 0.457 e. The maximum Gasteiger partial charge on any atom is 0.458 e. The van der Waals surface area contributed by atoms with Crippen LogP contribution >= 0.6 is 0 Å². The van der Waals surface area contributed by atoms with Gasteiger partial charge in [0.05, 0.1) is 6.04 Å². The summed E-state index contributed by atoms with van der Waals surface area (Å²) in [5.74, 6) is -1.93. The lowest BCUT2D eigenvalue weighted by molar-refractivity contribution is -0.0900. The number of nitrogens with one attached hydrogen (secondary N) is 1. The molecule has 0 saturated heterocycles. The van der Waals surface area contributed by atoms with Crippen LogP contribution in [0.2, 0.25) is 0 Å². The number of hydrogen-bond acceptors (Lipinski definition) is 3. The van der Waals surface area contributed by atoms with Gasteiger partial charge in [0.1, 0.15) is 5.76 Å². The normalized spacial score (nSPS) is 32.3. The van der Waals surface area contributed by atoms with Crippen molar-refractivity contribution in [1.82, 2.24) is 0 Å². The molecule has 1 saturated carbocycles. The number of halogens is 3. The quantitative estimate of drug-likeness (QED) is 0.478. The van der Waals surface area contributed by atoms with E-state index in [9.17, 15) is 18.0 Å². The van der Waals surface area contributed by atoms with Crippen molar-refractivity contribution in [3.8, 4) is 0 Å². The molecule has 29 heavy (non-hydrogen) atoms. The van der Waals surface area contributed by atoms with Crippen molar-refractivity contribution in [2.75, 3.05) is 5.32 Å². The lowest BCUT2D eigenvalue weighted by atomic mass is 9.56. The summed E-state index contributed by atoms with van der Waals surface area (Å²) in [4.78, 5) is 12.0. The Morgan fingerprint density at radius 3 is 2.59 bits per heavy atom. The number of carbonyl (C=O) groups is 1. The minimum Gasteiger partial charge on any atom is -0.457 e. The van der Waals surface area contributed by atoms with Crippen LogP contribution < -0.4 is 5.32 Å². The zero-order valence-corrected chi connectivity index (χ0v) is 16.5. The number of anilines is 1. The molecular weight excluding hydrogens is 379 g/mol. The Balaban J connectivity index is 1.75. The second-order valence-corrected chi connectivity index (χ2v) is 9.16. The molecule has 1 aromatic carbocycles. The van der Waals surface area contributed by atoms with Crippen molar-refractivity contribution in [3.63, 3.8) is 0 Å². The Labute approximate surface area is 167 Å². The van der Waals surface area contributed by atoms with E-state index in [0.717, 1.165) is 17.7 Å². The minimum atomic E-state index is -4.96. The summed E-state index contributed by atoms with van der Waals surface area (Å²) in [6, 6.07) is 7.85. The van der Waals surface area contributed by atoms with Crippen LogP contribution in [-0.4, -0.2) is 12.0 Å². The van der Waals surface area contributed by atoms with Crippen LogP contribution in [0.4, 0.5) is 18.9 Å². The molecule has 4 atom stereocenters. The Hall–Kier alpha value is -2.50. The molecule has 0 spiro atoms. The van der Waals surface area contributed by atoms with Gasteiger partial charge in [0.15, 0.2) is 5.76 Å². The molecule has 2 aromatic rings. The molecule has 0 unspecified atom stereocenters. The number of allylic oxidation sites excluding steroid dienone is 1. The SMILES string of the molecule is C=C1C[C@@]2(C)c3ccccc3N[C@@H]3c4c(oc(C(=O)C(F)(F)F)c4C)C[C@@]1(C)[C@H]32. The summed E-state index contributed by atoms with van der Waals surface area (Å²) < 4.78 is 45.0. The number of rotatable bonds is 1. The molecule has 1 aromatic heterocycles. The Morgan fingerprint density at radius 1 is 1.21 bits per heavy atom. The Bertz CT molecular complexity index is 1080. The molecule has 3 nitrogen and oxygen atoms in total. The summed E-state index contributed by atoms with van der Waals surface area (Å²) in [5, 5.41) is 3.57. The standard InChI is InChI=1S/C23H22F3NO2/c1-11-9-22(4)13-7-5-6-8-14(13)27-17-16-12(2)18(20(28)23(24,25)26)29-15(16)10-21(11,3)19(17)22/h5-8,17,19,27H,1,9-10H2,2-4H3/t17-,19+,21-,22+/m1/s1. The maximum absolute atomic E-state index is 13.1. The van der Waals surface area contributed by atoms with Gasteiger partial charge in [-0.2, -0.15) is 13.2 Å². The van der Waals surface area contributed by atoms with E-state index in [1.54, 1.807) is 6.92 Å². The molecule has 2 aliphatic carbocycles. The van der Waals surface area contributed by atoms with Gasteiger partial charge in [0.25, 0.3) is 0 Å². The van der Waals surface area contributed by atoms with Crippen LogP contribution in [0.15, 0.2) is 40.8 Å². The summed E-state index contributed by atoms with van der Waals surface area (Å²) >= 11 is 0. The fourth-order valence-corrected chi connectivity index (χ4v) is 6.31. The first kappa shape index (κ1) is 18.5. The fraction of sp³-hybridized carbons (Fsp3) is 0.435. The van der Waals surface area contributed by atoms with Crippen molar-refractivity contribution in [3.05, 3.63) is 64.6 Å². The van der Waals surface area contributed by atoms with Gasteiger partial charge in [-0.15, -0.1) is 0 Å². The zero-order valence-electron chi connectivity index (χ0n) is 16.5. The lowest BCUT2D eigenvalue weighted by Gasteiger charge is -2.51. The number of para-hydroxylation sites is 1. The topological polar surface area (TPSA) is 42.2 Å². The summed E-state index contributed by atoms with van der Waals surface area (Å²) in [6.07, 6.45) is -3.69. The van der Waals surface area contributed by atoms with E-state index >= 15 is 0 Å². The van der Waals surface area contributed by atoms with Crippen molar-refractivity contribution in [2.24, 2.45) is 11.3 Å². The highest BCUT2D eigenvalue weighted by Crippen LogP contribution is 2.68. The number of furan rings is 1. The van der Waals surface area contributed by atoms with Crippen molar-refractivity contribution >= 4 is 11.5 Å². The van der Waals surface area contributed by atoms with Crippen LogP contribution in [0.25, 0.3) is 0 Å². The number of carbonyl (C=O) groups excluding carboxylic acids is 1. The molecule has 1 aliphatic heterocycles. The van der Waals surface area contributed by atoms with Gasteiger partial charge in [-0.3, -0.25) is 4.79 Å². The van der Waals surface area contributed by atoms with Gasteiger partial charge >= 0.3 is 12.0 Å². The third-order valence-electron chi connectivity index (χ3n) is 7.52.